The summed E-state index contributed by atoms with van der Waals surface area (Å²) in [5.41, 5.74) is 2.49. The summed E-state index contributed by atoms with van der Waals surface area (Å²) in [6.07, 6.45) is 3.08. The third-order valence-corrected chi connectivity index (χ3v) is 2.74. The minimum atomic E-state index is -1.21. The fourth-order valence-corrected chi connectivity index (χ4v) is 1.86. The van der Waals surface area contributed by atoms with Crippen molar-refractivity contribution in [2.24, 2.45) is 0 Å². The van der Waals surface area contributed by atoms with E-state index in [1.54, 1.807) is 6.92 Å². The summed E-state index contributed by atoms with van der Waals surface area (Å²) >= 11 is 0. The van der Waals surface area contributed by atoms with Crippen LogP contribution in [-0.4, -0.2) is 37.8 Å². The largest absolute Gasteiger partial charge is 0.505 e. The quantitative estimate of drug-likeness (QED) is 0.861. The SMILES string of the molecule is CCOC(=O)O.CCOC1C=Cc2ccccc2N1C. The summed E-state index contributed by atoms with van der Waals surface area (Å²) in [5.74, 6) is 0. The first-order chi connectivity index (χ1) is 9.60. The zero-order chi connectivity index (χ0) is 15.0. The summed E-state index contributed by atoms with van der Waals surface area (Å²) < 4.78 is 9.55. The summed E-state index contributed by atoms with van der Waals surface area (Å²) in [6.45, 7) is 4.60. The predicted molar refractivity (Wildman–Crippen MR) is 78.9 cm³/mol. The van der Waals surface area contributed by atoms with E-state index in [0.29, 0.717) is 0 Å². The zero-order valence-electron chi connectivity index (χ0n) is 12.1. The Morgan fingerprint density at radius 3 is 2.55 bits per heavy atom. The highest BCUT2D eigenvalue weighted by atomic mass is 16.7. The maximum atomic E-state index is 9.38. The van der Waals surface area contributed by atoms with Gasteiger partial charge in [0, 0.05) is 19.3 Å². The Bertz CT molecular complexity index is 459. The summed E-state index contributed by atoms with van der Waals surface area (Å²) in [5, 5.41) is 7.69. The molecule has 0 saturated heterocycles. The van der Waals surface area contributed by atoms with Gasteiger partial charge in [0.05, 0.1) is 6.61 Å². The zero-order valence-corrected chi connectivity index (χ0v) is 12.1. The standard InChI is InChI=1S/C12H15NO.C3H6O3/c1-3-14-12-9-8-10-6-4-5-7-11(10)13(12)2;1-2-6-3(4)5/h4-9,12H,3H2,1-2H3;2H2,1H3,(H,4,5). The Kier molecular flexibility index (Phi) is 6.59. The molecule has 0 radical (unpaired) electrons. The molecule has 20 heavy (non-hydrogen) atoms. The molecular formula is C15H21NO4. The second-order valence-corrected chi connectivity index (χ2v) is 4.07. The highest BCUT2D eigenvalue weighted by Crippen LogP contribution is 2.27. The Morgan fingerprint density at radius 2 is 2.00 bits per heavy atom. The molecule has 5 heteroatoms. The van der Waals surface area contributed by atoms with Crippen molar-refractivity contribution in [1.29, 1.82) is 0 Å². The Hall–Kier alpha value is -2.01. The number of likely N-dealkylation sites (N-methyl/N-ethyl adjacent to an activating group) is 1. The number of para-hydroxylation sites is 1. The van der Waals surface area contributed by atoms with Gasteiger partial charge in [0.1, 0.15) is 6.23 Å². The van der Waals surface area contributed by atoms with Crippen LogP contribution in [0, 0.1) is 0 Å². The Labute approximate surface area is 119 Å². The van der Waals surface area contributed by atoms with Crippen molar-refractivity contribution in [2.75, 3.05) is 25.2 Å². The van der Waals surface area contributed by atoms with Crippen molar-refractivity contribution < 1.29 is 19.4 Å². The second kappa shape index (κ2) is 8.22. The smallest absolute Gasteiger partial charge is 0.450 e. The topological polar surface area (TPSA) is 59.0 Å². The van der Waals surface area contributed by atoms with Crippen LogP contribution in [0.2, 0.25) is 0 Å². The Morgan fingerprint density at radius 1 is 1.30 bits per heavy atom. The molecule has 1 atom stereocenters. The number of hydrogen-bond donors (Lipinski definition) is 1. The first kappa shape index (κ1) is 16.0. The van der Waals surface area contributed by atoms with Crippen LogP contribution in [0.1, 0.15) is 19.4 Å². The van der Waals surface area contributed by atoms with Gasteiger partial charge in [-0.3, -0.25) is 0 Å². The van der Waals surface area contributed by atoms with Gasteiger partial charge in [-0.1, -0.05) is 24.3 Å². The molecule has 0 amide bonds. The molecule has 1 aromatic rings. The molecule has 0 fully saturated rings. The normalized spacial score (nSPS) is 15.9. The van der Waals surface area contributed by atoms with E-state index in [2.05, 4.69) is 53.1 Å². The third-order valence-electron chi connectivity index (χ3n) is 2.74. The van der Waals surface area contributed by atoms with Gasteiger partial charge in [0.15, 0.2) is 0 Å². The Balaban J connectivity index is 0.000000286. The van der Waals surface area contributed by atoms with Crippen molar-refractivity contribution in [3.05, 3.63) is 35.9 Å². The number of benzene rings is 1. The van der Waals surface area contributed by atoms with Gasteiger partial charge in [-0.15, -0.1) is 0 Å². The van der Waals surface area contributed by atoms with Gasteiger partial charge >= 0.3 is 6.16 Å². The van der Waals surface area contributed by atoms with E-state index in [0.717, 1.165) is 6.61 Å². The number of nitrogens with zero attached hydrogens (tertiary/aromatic N) is 1. The monoisotopic (exact) mass is 279 g/mol. The molecule has 0 aromatic heterocycles. The van der Waals surface area contributed by atoms with Gasteiger partial charge in [-0.05, 0) is 31.6 Å². The fraction of sp³-hybridized carbons (Fsp3) is 0.400. The average molecular weight is 279 g/mol. The van der Waals surface area contributed by atoms with Crippen LogP contribution >= 0.6 is 0 Å². The second-order valence-electron chi connectivity index (χ2n) is 4.07. The highest BCUT2D eigenvalue weighted by molar-refractivity contribution is 5.71. The molecular weight excluding hydrogens is 258 g/mol. The van der Waals surface area contributed by atoms with E-state index >= 15 is 0 Å². The molecule has 0 aliphatic carbocycles. The predicted octanol–water partition coefficient (Wildman–Crippen LogP) is 3.21. The van der Waals surface area contributed by atoms with Gasteiger partial charge < -0.3 is 19.5 Å². The average Bonchev–Trinajstić information content (AvgIpc) is 2.43. The lowest BCUT2D eigenvalue weighted by atomic mass is 10.1. The van der Waals surface area contributed by atoms with Gasteiger partial charge in [0.25, 0.3) is 0 Å². The van der Waals surface area contributed by atoms with Gasteiger partial charge in [-0.2, -0.15) is 0 Å². The van der Waals surface area contributed by atoms with Gasteiger partial charge in [-0.25, -0.2) is 4.79 Å². The van der Waals surface area contributed by atoms with Crippen LogP contribution in [0.5, 0.6) is 0 Å². The van der Waals surface area contributed by atoms with E-state index < -0.39 is 6.16 Å². The number of anilines is 1. The summed E-state index contributed by atoms with van der Waals surface area (Å²) in [4.78, 5) is 11.5. The minimum Gasteiger partial charge on any atom is -0.450 e. The molecule has 1 heterocycles. The fourth-order valence-electron chi connectivity index (χ4n) is 1.86. The van der Waals surface area contributed by atoms with Crippen LogP contribution in [0.4, 0.5) is 10.5 Å². The van der Waals surface area contributed by atoms with Crippen LogP contribution in [0.3, 0.4) is 0 Å². The van der Waals surface area contributed by atoms with Crippen LogP contribution in [0.15, 0.2) is 30.3 Å². The van der Waals surface area contributed by atoms with Crippen LogP contribution in [-0.2, 0) is 9.47 Å². The molecule has 1 aliphatic rings. The number of hydrogen-bond acceptors (Lipinski definition) is 4. The van der Waals surface area contributed by atoms with Crippen molar-refractivity contribution in [3.8, 4) is 0 Å². The number of carbonyl (C=O) groups is 1. The van der Waals surface area contributed by atoms with E-state index in [1.165, 1.54) is 11.3 Å². The number of ether oxygens (including phenoxy) is 2. The molecule has 0 saturated carbocycles. The highest BCUT2D eigenvalue weighted by Gasteiger charge is 2.17. The lowest BCUT2D eigenvalue weighted by Crippen LogP contribution is -2.34. The van der Waals surface area contributed by atoms with E-state index in [-0.39, 0.29) is 12.8 Å². The molecule has 0 spiro atoms. The molecule has 5 nitrogen and oxygen atoms in total. The van der Waals surface area contributed by atoms with Crippen molar-refractivity contribution in [3.63, 3.8) is 0 Å². The summed E-state index contributed by atoms with van der Waals surface area (Å²) in [6, 6.07) is 8.34. The first-order valence-corrected chi connectivity index (χ1v) is 6.57. The molecule has 0 bridgehead atoms. The molecule has 1 aromatic carbocycles. The number of rotatable bonds is 3. The molecule has 1 N–H and O–H groups in total. The van der Waals surface area contributed by atoms with Crippen molar-refractivity contribution in [2.45, 2.75) is 20.1 Å². The van der Waals surface area contributed by atoms with Crippen LogP contribution < -0.4 is 4.90 Å². The number of fused-ring (bicyclic) bond motifs is 1. The van der Waals surface area contributed by atoms with Crippen molar-refractivity contribution >= 4 is 17.9 Å². The summed E-state index contributed by atoms with van der Waals surface area (Å²) in [7, 11) is 2.06. The van der Waals surface area contributed by atoms with E-state index in [4.69, 9.17) is 9.84 Å². The number of carboxylic acid groups (broad SMARTS) is 1. The minimum absolute atomic E-state index is 0.0786. The van der Waals surface area contributed by atoms with E-state index in [9.17, 15) is 4.79 Å². The molecule has 110 valence electrons. The lowest BCUT2D eigenvalue weighted by Gasteiger charge is -2.31. The first-order valence-electron chi connectivity index (χ1n) is 6.57. The van der Waals surface area contributed by atoms with E-state index in [1.807, 2.05) is 6.92 Å². The van der Waals surface area contributed by atoms with Gasteiger partial charge in [0.2, 0.25) is 0 Å². The third kappa shape index (κ3) is 4.59. The maximum absolute atomic E-state index is 9.38. The molecule has 1 aliphatic heterocycles. The molecule has 1 unspecified atom stereocenters. The maximum Gasteiger partial charge on any atom is 0.505 e. The molecule has 2 rings (SSSR count). The lowest BCUT2D eigenvalue weighted by molar-refractivity contribution is 0.0963. The van der Waals surface area contributed by atoms with Crippen molar-refractivity contribution in [1.82, 2.24) is 0 Å². The van der Waals surface area contributed by atoms with Crippen LogP contribution in [0.25, 0.3) is 6.08 Å².